The maximum absolute atomic E-state index is 11.2. The predicted octanol–water partition coefficient (Wildman–Crippen LogP) is 6.77. The van der Waals surface area contributed by atoms with Gasteiger partial charge in [0.05, 0.1) is 5.41 Å². The standard InChI is InChI=1S/C27H21NO2/c1-17-15-19(11-13-25(17)28-30)27(20-12-14-26(29)18(2)16-20)23-9-5-3-7-21(23)22-8-4-6-10-24(22)27/h3-16,29H,1-2H3. The van der Waals surface area contributed by atoms with E-state index >= 15 is 0 Å². The Kier molecular flexibility index (Phi) is 4.07. The van der Waals surface area contributed by atoms with Crippen LogP contribution in [-0.4, -0.2) is 5.11 Å². The number of phenolic OH excluding ortho intramolecular Hbond substituents is 1. The van der Waals surface area contributed by atoms with Gasteiger partial charge in [0, 0.05) is 0 Å². The zero-order chi connectivity index (χ0) is 20.9. The lowest BCUT2D eigenvalue weighted by Crippen LogP contribution is -2.28. The van der Waals surface area contributed by atoms with E-state index in [2.05, 4.69) is 65.8 Å². The number of benzene rings is 4. The summed E-state index contributed by atoms with van der Waals surface area (Å²) in [6.07, 6.45) is 0. The van der Waals surface area contributed by atoms with Gasteiger partial charge in [0.1, 0.15) is 11.4 Å². The number of rotatable bonds is 3. The third-order valence-corrected chi connectivity index (χ3v) is 6.31. The van der Waals surface area contributed by atoms with Crippen LogP contribution in [0.4, 0.5) is 5.69 Å². The monoisotopic (exact) mass is 391 g/mol. The molecule has 0 amide bonds. The molecule has 0 atom stereocenters. The van der Waals surface area contributed by atoms with E-state index in [9.17, 15) is 10.0 Å². The van der Waals surface area contributed by atoms with Gasteiger partial charge in [0.25, 0.3) is 0 Å². The van der Waals surface area contributed by atoms with Crippen LogP contribution in [-0.2, 0) is 5.41 Å². The number of hydrogen-bond acceptors (Lipinski definition) is 3. The second kappa shape index (κ2) is 6.67. The SMILES string of the molecule is Cc1cc(C2(c3ccc(N=O)c(C)c3)c3ccccc3-c3ccccc32)ccc1O. The summed E-state index contributed by atoms with van der Waals surface area (Å²) < 4.78 is 0. The lowest BCUT2D eigenvalue weighted by atomic mass is 9.67. The lowest BCUT2D eigenvalue weighted by molar-refractivity contribution is 0.470. The Balaban J connectivity index is 1.95. The van der Waals surface area contributed by atoms with E-state index in [0.29, 0.717) is 5.69 Å². The number of aromatic hydroxyl groups is 1. The van der Waals surface area contributed by atoms with E-state index < -0.39 is 5.41 Å². The Bertz CT molecular complexity index is 1260. The zero-order valence-electron chi connectivity index (χ0n) is 16.9. The molecule has 1 aliphatic carbocycles. The van der Waals surface area contributed by atoms with E-state index in [-0.39, 0.29) is 5.75 Å². The maximum atomic E-state index is 11.2. The van der Waals surface area contributed by atoms with E-state index in [1.807, 2.05) is 26.0 Å². The Morgan fingerprint density at radius 3 is 1.77 bits per heavy atom. The summed E-state index contributed by atoms with van der Waals surface area (Å²) in [6, 6.07) is 28.7. The molecule has 3 heteroatoms. The minimum atomic E-state index is -0.544. The first-order chi connectivity index (χ1) is 14.6. The van der Waals surface area contributed by atoms with Crippen molar-refractivity contribution >= 4 is 5.69 Å². The number of phenols is 1. The zero-order valence-corrected chi connectivity index (χ0v) is 16.9. The highest BCUT2D eigenvalue weighted by Gasteiger charge is 2.46. The van der Waals surface area contributed by atoms with Crippen molar-refractivity contribution in [3.63, 3.8) is 0 Å². The smallest absolute Gasteiger partial charge is 0.118 e. The van der Waals surface area contributed by atoms with Crippen LogP contribution in [0.2, 0.25) is 0 Å². The minimum Gasteiger partial charge on any atom is -0.508 e. The van der Waals surface area contributed by atoms with Gasteiger partial charge in [-0.2, -0.15) is 0 Å². The highest BCUT2D eigenvalue weighted by Crippen LogP contribution is 2.56. The highest BCUT2D eigenvalue weighted by atomic mass is 16.3. The number of hydrogen-bond donors (Lipinski definition) is 1. The average molecular weight is 391 g/mol. The predicted molar refractivity (Wildman–Crippen MR) is 120 cm³/mol. The molecular weight excluding hydrogens is 370 g/mol. The molecule has 3 nitrogen and oxygen atoms in total. The second-order valence-electron chi connectivity index (χ2n) is 7.93. The number of aryl methyl sites for hydroxylation is 2. The Morgan fingerprint density at radius 1 is 0.700 bits per heavy atom. The molecule has 5 rings (SSSR count). The molecule has 0 bridgehead atoms. The van der Waals surface area contributed by atoms with Gasteiger partial charge in [0.2, 0.25) is 0 Å². The molecule has 0 aromatic heterocycles. The molecule has 4 aromatic carbocycles. The van der Waals surface area contributed by atoms with E-state index in [1.165, 1.54) is 22.3 Å². The molecular formula is C27H21NO2. The molecule has 0 spiro atoms. The first-order valence-corrected chi connectivity index (χ1v) is 10.0. The van der Waals surface area contributed by atoms with Gasteiger partial charge >= 0.3 is 0 Å². The van der Waals surface area contributed by atoms with Gasteiger partial charge in [0.15, 0.2) is 0 Å². The molecule has 0 radical (unpaired) electrons. The first kappa shape index (κ1) is 18.3. The summed E-state index contributed by atoms with van der Waals surface area (Å²) in [6.45, 7) is 3.84. The minimum absolute atomic E-state index is 0.283. The van der Waals surface area contributed by atoms with Crippen molar-refractivity contribution in [3.05, 3.63) is 123 Å². The summed E-state index contributed by atoms with van der Waals surface area (Å²) in [4.78, 5) is 11.2. The molecule has 0 saturated heterocycles. The van der Waals surface area contributed by atoms with Gasteiger partial charge in [-0.1, -0.05) is 72.8 Å². The Morgan fingerprint density at radius 2 is 1.23 bits per heavy atom. The van der Waals surface area contributed by atoms with Crippen LogP contribution in [0.3, 0.4) is 0 Å². The van der Waals surface area contributed by atoms with Crippen molar-refractivity contribution < 1.29 is 5.11 Å². The fraction of sp³-hybridized carbons (Fsp3) is 0.111. The van der Waals surface area contributed by atoms with Gasteiger partial charge in [-0.05, 0) is 75.7 Å². The molecule has 4 aromatic rings. The van der Waals surface area contributed by atoms with Crippen molar-refractivity contribution in [2.24, 2.45) is 5.18 Å². The van der Waals surface area contributed by atoms with Gasteiger partial charge in [-0.3, -0.25) is 0 Å². The van der Waals surface area contributed by atoms with E-state index in [4.69, 9.17) is 0 Å². The van der Waals surface area contributed by atoms with Gasteiger partial charge < -0.3 is 5.11 Å². The van der Waals surface area contributed by atoms with Gasteiger partial charge in [-0.25, -0.2) is 0 Å². The first-order valence-electron chi connectivity index (χ1n) is 10.0. The van der Waals surface area contributed by atoms with Crippen LogP contribution in [0.5, 0.6) is 5.75 Å². The fourth-order valence-corrected chi connectivity index (χ4v) is 4.90. The lowest BCUT2D eigenvalue weighted by Gasteiger charge is -2.34. The Hall–Kier alpha value is -3.72. The molecule has 0 saturated carbocycles. The van der Waals surface area contributed by atoms with Crippen LogP contribution >= 0.6 is 0 Å². The maximum Gasteiger partial charge on any atom is 0.118 e. The molecule has 146 valence electrons. The molecule has 0 unspecified atom stereocenters. The van der Waals surface area contributed by atoms with E-state index in [1.54, 1.807) is 12.1 Å². The van der Waals surface area contributed by atoms with Crippen LogP contribution < -0.4 is 0 Å². The number of nitrogens with zero attached hydrogens (tertiary/aromatic N) is 1. The second-order valence-corrected chi connectivity index (χ2v) is 7.93. The molecule has 0 heterocycles. The number of fused-ring (bicyclic) bond motifs is 3. The molecule has 30 heavy (non-hydrogen) atoms. The van der Waals surface area contributed by atoms with E-state index in [0.717, 1.165) is 22.3 Å². The highest BCUT2D eigenvalue weighted by molar-refractivity contribution is 5.86. The van der Waals surface area contributed by atoms with Crippen LogP contribution in [0, 0.1) is 18.8 Å². The fourth-order valence-electron chi connectivity index (χ4n) is 4.90. The normalized spacial score (nSPS) is 13.5. The Labute approximate surface area is 175 Å². The molecule has 1 N–H and O–H groups in total. The summed E-state index contributed by atoms with van der Waals surface area (Å²) in [7, 11) is 0. The summed E-state index contributed by atoms with van der Waals surface area (Å²) in [5.74, 6) is 0.283. The average Bonchev–Trinajstić information content (AvgIpc) is 3.07. The summed E-state index contributed by atoms with van der Waals surface area (Å²) in [5, 5.41) is 13.4. The third kappa shape index (κ3) is 2.38. The summed E-state index contributed by atoms with van der Waals surface area (Å²) in [5.41, 5.74) is 8.55. The molecule has 0 aliphatic heterocycles. The third-order valence-electron chi connectivity index (χ3n) is 6.31. The van der Waals surface area contributed by atoms with Crippen molar-refractivity contribution in [3.8, 4) is 16.9 Å². The largest absolute Gasteiger partial charge is 0.508 e. The van der Waals surface area contributed by atoms with Crippen LogP contribution in [0.15, 0.2) is 90.1 Å². The van der Waals surface area contributed by atoms with Crippen molar-refractivity contribution in [2.45, 2.75) is 19.3 Å². The molecule has 1 aliphatic rings. The van der Waals surface area contributed by atoms with Crippen LogP contribution in [0.25, 0.3) is 11.1 Å². The molecule has 0 fully saturated rings. The van der Waals surface area contributed by atoms with Crippen LogP contribution in [0.1, 0.15) is 33.4 Å². The van der Waals surface area contributed by atoms with Gasteiger partial charge in [-0.15, -0.1) is 4.91 Å². The number of nitroso groups, excluding NO2 is 1. The summed E-state index contributed by atoms with van der Waals surface area (Å²) >= 11 is 0. The quantitative estimate of drug-likeness (QED) is 0.345. The van der Waals surface area contributed by atoms with Crippen molar-refractivity contribution in [1.29, 1.82) is 0 Å². The van der Waals surface area contributed by atoms with Crippen molar-refractivity contribution in [1.82, 2.24) is 0 Å². The van der Waals surface area contributed by atoms with Crippen molar-refractivity contribution in [2.75, 3.05) is 0 Å². The topological polar surface area (TPSA) is 49.7 Å².